The first-order chi connectivity index (χ1) is 10.4. The fourth-order valence-electron chi connectivity index (χ4n) is 2.03. The molecule has 22 heavy (non-hydrogen) atoms. The second kappa shape index (κ2) is 8.38. The van der Waals surface area contributed by atoms with E-state index in [-0.39, 0.29) is 24.6 Å². The average Bonchev–Trinajstić information content (AvgIpc) is 2.48. The third kappa shape index (κ3) is 5.04. The summed E-state index contributed by atoms with van der Waals surface area (Å²) in [6.07, 6.45) is 1.26. The van der Waals surface area contributed by atoms with Crippen molar-refractivity contribution in [2.24, 2.45) is 0 Å². The van der Waals surface area contributed by atoms with E-state index in [0.29, 0.717) is 17.7 Å². The lowest BCUT2D eigenvalue weighted by Crippen LogP contribution is -2.38. The molecule has 0 heterocycles. The molecule has 3 N–H and O–H groups in total. The number of aryl methyl sites for hydroxylation is 1. The first-order valence-corrected chi connectivity index (χ1v) is 7.39. The van der Waals surface area contributed by atoms with Gasteiger partial charge in [0.15, 0.2) is 0 Å². The van der Waals surface area contributed by atoms with Gasteiger partial charge in [-0.15, -0.1) is 0 Å². The highest BCUT2D eigenvalue weighted by Gasteiger charge is 2.13. The second-order valence-electron chi connectivity index (χ2n) is 5.45. The molecule has 0 fully saturated rings. The number of amides is 3. The topological polar surface area (TPSA) is 81.7 Å². The minimum Gasteiger partial charge on any atom is -0.396 e. The maximum absolute atomic E-state index is 12.0. The van der Waals surface area contributed by atoms with Crippen molar-refractivity contribution in [3.05, 3.63) is 29.3 Å². The number of urea groups is 1. The summed E-state index contributed by atoms with van der Waals surface area (Å²) >= 11 is 0. The molecule has 0 radical (unpaired) electrons. The normalized spacial score (nSPS) is 11.7. The van der Waals surface area contributed by atoms with Gasteiger partial charge in [-0.1, -0.05) is 13.0 Å². The number of carbonyl (C=O) groups is 2. The van der Waals surface area contributed by atoms with Gasteiger partial charge in [-0.3, -0.25) is 4.79 Å². The SMILES string of the molecule is CCC(CCO)NC(=O)Nc1cc(C(=O)N(C)C)ccc1C. The number of nitrogens with zero attached hydrogens (tertiary/aromatic N) is 1. The summed E-state index contributed by atoms with van der Waals surface area (Å²) < 4.78 is 0. The number of nitrogens with one attached hydrogen (secondary N) is 2. The van der Waals surface area contributed by atoms with Gasteiger partial charge >= 0.3 is 6.03 Å². The van der Waals surface area contributed by atoms with E-state index in [4.69, 9.17) is 5.11 Å². The minimum atomic E-state index is -0.335. The molecule has 0 aliphatic carbocycles. The van der Waals surface area contributed by atoms with Crippen molar-refractivity contribution in [2.75, 3.05) is 26.0 Å². The van der Waals surface area contributed by atoms with Gasteiger partial charge in [0, 0.05) is 38.0 Å². The number of anilines is 1. The van der Waals surface area contributed by atoms with Crippen LogP contribution >= 0.6 is 0 Å². The van der Waals surface area contributed by atoms with Gasteiger partial charge < -0.3 is 20.6 Å². The molecule has 122 valence electrons. The van der Waals surface area contributed by atoms with Crippen LogP contribution in [0.4, 0.5) is 10.5 Å². The van der Waals surface area contributed by atoms with E-state index in [1.807, 2.05) is 13.8 Å². The Morgan fingerprint density at radius 2 is 2.00 bits per heavy atom. The molecule has 6 heteroatoms. The number of aliphatic hydroxyl groups excluding tert-OH is 1. The van der Waals surface area contributed by atoms with Crippen molar-refractivity contribution in [1.29, 1.82) is 0 Å². The van der Waals surface area contributed by atoms with E-state index in [1.165, 1.54) is 4.90 Å². The number of hydrogen-bond donors (Lipinski definition) is 3. The van der Waals surface area contributed by atoms with Gasteiger partial charge in [-0.05, 0) is 37.5 Å². The number of hydrogen-bond acceptors (Lipinski definition) is 3. The third-order valence-corrected chi connectivity index (χ3v) is 3.44. The molecule has 1 rings (SSSR count). The summed E-state index contributed by atoms with van der Waals surface area (Å²) in [6, 6.07) is 4.80. The van der Waals surface area contributed by atoms with Crippen LogP contribution in [0.15, 0.2) is 18.2 Å². The Morgan fingerprint density at radius 3 is 2.55 bits per heavy atom. The van der Waals surface area contributed by atoms with Crippen LogP contribution in [0.1, 0.15) is 35.7 Å². The van der Waals surface area contributed by atoms with Crippen molar-refractivity contribution in [2.45, 2.75) is 32.7 Å². The Labute approximate surface area is 131 Å². The fraction of sp³-hybridized carbons (Fsp3) is 0.500. The summed E-state index contributed by atoms with van der Waals surface area (Å²) in [6.45, 7) is 3.84. The summed E-state index contributed by atoms with van der Waals surface area (Å²) in [5.41, 5.74) is 2.00. The summed E-state index contributed by atoms with van der Waals surface area (Å²) in [5, 5.41) is 14.5. The number of aliphatic hydroxyl groups is 1. The van der Waals surface area contributed by atoms with Gasteiger partial charge in [0.1, 0.15) is 0 Å². The van der Waals surface area contributed by atoms with Crippen LogP contribution in [0, 0.1) is 6.92 Å². The zero-order chi connectivity index (χ0) is 16.7. The lowest BCUT2D eigenvalue weighted by atomic mass is 10.1. The summed E-state index contributed by atoms with van der Waals surface area (Å²) in [5.74, 6) is -0.116. The molecule has 0 aliphatic heterocycles. The Kier molecular flexibility index (Phi) is 6.85. The van der Waals surface area contributed by atoms with Crippen molar-refractivity contribution >= 4 is 17.6 Å². The van der Waals surface area contributed by atoms with Crippen molar-refractivity contribution in [3.8, 4) is 0 Å². The molecule has 0 aromatic heterocycles. The van der Waals surface area contributed by atoms with E-state index in [2.05, 4.69) is 10.6 Å². The number of rotatable bonds is 6. The van der Waals surface area contributed by atoms with E-state index in [1.54, 1.807) is 32.3 Å². The zero-order valence-corrected chi connectivity index (χ0v) is 13.6. The van der Waals surface area contributed by atoms with E-state index in [0.717, 1.165) is 12.0 Å². The predicted octanol–water partition coefficient (Wildman–Crippen LogP) is 1.98. The molecule has 0 saturated heterocycles. The second-order valence-corrected chi connectivity index (χ2v) is 5.45. The van der Waals surface area contributed by atoms with Gasteiger partial charge in [0.05, 0.1) is 0 Å². The van der Waals surface area contributed by atoms with Crippen molar-refractivity contribution in [3.63, 3.8) is 0 Å². The van der Waals surface area contributed by atoms with Gasteiger partial charge in [-0.2, -0.15) is 0 Å². The highest BCUT2D eigenvalue weighted by molar-refractivity contribution is 5.97. The van der Waals surface area contributed by atoms with Crippen LogP contribution in [0.3, 0.4) is 0 Å². The van der Waals surface area contributed by atoms with Crippen LogP contribution in [-0.4, -0.2) is 48.7 Å². The molecule has 1 atom stereocenters. The fourth-order valence-corrected chi connectivity index (χ4v) is 2.03. The van der Waals surface area contributed by atoms with E-state index in [9.17, 15) is 9.59 Å². The number of carbonyl (C=O) groups excluding carboxylic acids is 2. The summed E-state index contributed by atoms with van der Waals surface area (Å²) in [7, 11) is 3.37. The lowest BCUT2D eigenvalue weighted by Gasteiger charge is -2.18. The first kappa shape index (κ1) is 18.0. The van der Waals surface area contributed by atoms with Crippen LogP contribution in [0.25, 0.3) is 0 Å². The molecule has 0 spiro atoms. The van der Waals surface area contributed by atoms with Crippen LogP contribution in [0.2, 0.25) is 0 Å². The molecule has 0 aliphatic rings. The minimum absolute atomic E-state index is 0.0324. The van der Waals surface area contributed by atoms with Crippen molar-refractivity contribution < 1.29 is 14.7 Å². The average molecular weight is 307 g/mol. The Hall–Kier alpha value is -2.08. The van der Waals surface area contributed by atoms with Crippen LogP contribution in [0.5, 0.6) is 0 Å². The standard InChI is InChI=1S/C16H25N3O3/c1-5-13(8-9-20)17-16(22)18-14-10-12(7-6-11(14)2)15(21)19(3)4/h6-7,10,13,20H,5,8-9H2,1-4H3,(H2,17,18,22). The van der Waals surface area contributed by atoms with Gasteiger partial charge in [0.25, 0.3) is 5.91 Å². The summed E-state index contributed by atoms with van der Waals surface area (Å²) in [4.78, 5) is 25.5. The monoisotopic (exact) mass is 307 g/mol. The Bertz CT molecular complexity index is 529. The molecule has 0 bridgehead atoms. The lowest BCUT2D eigenvalue weighted by molar-refractivity contribution is 0.0827. The molecule has 1 aromatic rings. The first-order valence-electron chi connectivity index (χ1n) is 7.39. The third-order valence-electron chi connectivity index (χ3n) is 3.44. The van der Waals surface area contributed by atoms with E-state index >= 15 is 0 Å². The zero-order valence-electron chi connectivity index (χ0n) is 13.6. The predicted molar refractivity (Wildman–Crippen MR) is 87.1 cm³/mol. The molecule has 3 amide bonds. The maximum atomic E-state index is 12.0. The van der Waals surface area contributed by atoms with Crippen LogP contribution in [-0.2, 0) is 0 Å². The van der Waals surface area contributed by atoms with E-state index < -0.39 is 0 Å². The molecule has 6 nitrogen and oxygen atoms in total. The molecule has 1 aromatic carbocycles. The van der Waals surface area contributed by atoms with Crippen LogP contribution < -0.4 is 10.6 Å². The van der Waals surface area contributed by atoms with Gasteiger partial charge in [0.2, 0.25) is 0 Å². The molecular weight excluding hydrogens is 282 g/mol. The van der Waals surface area contributed by atoms with Gasteiger partial charge in [-0.25, -0.2) is 4.79 Å². The molecular formula is C16H25N3O3. The highest BCUT2D eigenvalue weighted by Crippen LogP contribution is 2.18. The Balaban J connectivity index is 2.82. The van der Waals surface area contributed by atoms with Crippen molar-refractivity contribution in [1.82, 2.24) is 10.2 Å². The Morgan fingerprint density at radius 1 is 1.32 bits per heavy atom. The largest absolute Gasteiger partial charge is 0.396 e. The highest BCUT2D eigenvalue weighted by atomic mass is 16.3. The quantitative estimate of drug-likeness (QED) is 0.751. The smallest absolute Gasteiger partial charge is 0.319 e. The number of benzene rings is 1. The maximum Gasteiger partial charge on any atom is 0.319 e. The molecule has 0 saturated carbocycles. The molecule has 1 unspecified atom stereocenters.